The first-order valence-corrected chi connectivity index (χ1v) is 9.02. The van der Waals surface area contributed by atoms with Crippen molar-refractivity contribution in [2.45, 2.75) is 6.10 Å². The van der Waals surface area contributed by atoms with Crippen molar-refractivity contribution in [3.05, 3.63) is 77.6 Å². The van der Waals surface area contributed by atoms with Crippen LogP contribution >= 0.6 is 12.4 Å². The fourth-order valence-electron chi connectivity index (χ4n) is 3.06. The van der Waals surface area contributed by atoms with Gasteiger partial charge in [0.2, 0.25) is 0 Å². The van der Waals surface area contributed by atoms with Gasteiger partial charge in [0, 0.05) is 25.0 Å². The maximum absolute atomic E-state index is 12.5. The first kappa shape index (κ1) is 20.6. The monoisotopic (exact) mass is 409 g/mol. The van der Waals surface area contributed by atoms with Crippen LogP contribution in [-0.4, -0.2) is 35.4 Å². The lowest BCUT2D eigenvalue weighted by Gasteiger charge is -2.24. The summed E-state index contributed by atoms with van der Waals surface area (Å²) in [6.45, 7) is 2.36. The second-order valence-corrected chi connectivity index (χ2v) is 6.48. The molecule has 1 aromatic heterocycles. The van der Waals surface area contributed by atoms with Gasteiger partial charge in [-0.1, -0.05) is 18.2 Å². The van der Waals surface area contributed by atoms with Crippen LogP contribution in [0.4, 0.5) is 5.69 Å². The lowest BCUT2D eigenvalue weighted by molar-refractivity contribution is 0.0277. The molecule has 1 amide bonds. The second-order valence-electron chi connectivity index (χ2n) is 6.48. The van der Waals surface area contributed by atoms with Crippen molar-refractivity contribution in [2.75, 3.05) is 25.0 Å². The van der Waals surface area contributed by atoms with Gasteiger partial charge in [-0.2, -0.15) is 10.4 Å². The summed E-state index contributed by atoms with van der Waals surface area (Å²) >= 11 is 0. The molecule has 2 aromatic carbocycles. The van der Waals surface area contributed by atoms with E-state index in [4.69, 9.17) is 10.00 Å². The third-order valence-electron chi connectivity index (χ3n) is 4.55. The predicted molar refractivity (Wildman–Crippen MR) is 111 cm³/mol. The van der Waals surface area contributed by atoms with Crippen LogP contribution in [0, 0.1) is 11.3 Å². The molecule has 1 aliphatic rings. The van der Waals surface area contributed by atoms with Crippen molar-refractivity contribution < 1.29 is 9.53 Å². The standard InChI is InChI=1S/C21H19N5O2.ClH/c22-11-15-2-1-3-19(10-15)26-14-17(12-24-26)21(27)25-18-6-4-16(5-7-18)20-13-23-8-9-28-20;/h1-7,10,12,14,20,23H,8-9,13H2,(H,25,27);1H/t20-;/m1./s1. The number of aromatic nitrogens is 2. The van der Waals surface area contributed by atoms with E-state index in [1.54, 1.807) is 29.1 Å². The van der Waals surface area contributed by atoms with Crippen molar-refractivity contribution >= 4 is 24.0 Å². The highest BCUT2D eigenvalue weighted by Gasteiger charge is 2.16. The van der Waals surface area contributed by atoms with Crippen molar-refractivity contribution in [3.8, 4) is 11.8 Å². The van der Waals surface area contributed by atoms with Crippen molar-refractivity contribution in [1.29, 1.82) is 5.26 Å². The minimum Gasteiger partial charge on any atom is -0.371 e. The van der Waals surface area contributed by atoms with Crippen LogP contribution in [0.5, 0.6) is 0 Å². The van der Waals surface area contributed by atoms with Gasteiger partial charge in [0.05, 0.1) is 41.8 Å². The number of carbonyl (C=O) groups is 1. The zero-order chi connectivity index (χ0) is 19.3. The topological polar surface area (TPSA) is 92.0 Å². The largest absolute Gasteiger partial charge is 0.371 e. The van der Waals surface area contributed by atoms with Gasteiger partial charge < -0.3 is 15.4 Å². The average Bonchev–Trinajstić information content (AvgIpc) is 3.25. The Hall–Kier alpha value is -3.18. The van der Waals surface area contributed by atoms with E-state index in [-0.39, 0.29) is 24.4 Å². The van der Waals surface area contributed by atoms with Crippen LogP contribution in [-0.2, 0) is 4.74 Å². The Balaban J connectivity index is 0.00000240. The number of morpholine rings is 1. The molecule has 148 valence electrons. The van der Waals surface area contributed by atoms with Crippen molar-refractivity contribution in [2.24, 2.45) is 0 Å². The van der Waals surface area contributed by atoms with E-state index in [1.807, 2.05) is 30.3 Å². The van der Waals surface area contributed by atoms with E-state index in [9.17, 15) is 4.79 Å². The Labute approximate surface area is 174 Å². The van der Waals surface area contributed by atoms with E-state index in [2.05, 4.69) is 21.8 Å². The van der Waals surface area contributed by atoms with Gasteiger partial charge in [0.1, 0.15) is 0 Å². The first-order chi connectivity index (χ1) is 13.7. The van der Waals surface area contributed by atoms with Crippen LogP contribution in [0.25, 0.3) is 5.69 Å². The number of anilines is 1. The molecule has 1 fully saturated rings. The first-order valence-electron chi connectivity index (χ1n) is 9.02. The van der Waals surface area contributed by atoms with Crippen LogP contribution in [0.2, 0.25) is 0 Å². The molecule has 0 unspecified atom stereocenters. The predicted octanol–water partition coefficient (Wildman–Crippen LogP) is 3.08. The lowest BCUT2D eigenvalue weighted by atomic mass is 10.1. The average molecular weight is 410 g/mol. The number of benzene rings is 2. The van der Waals surface area contributed by atoms with E-state index in [0.717, 1.165) is 24.3 Å². The number of hydrogen-bond acceptors (Lipinski definition) is 5. The molecule has 0 saturated carbocycles. The molecule has 4 rings (SSSR count). The molecule has 2 N–H and O–H groups in total. The minimum absolute atomic E-state index is 0. The van der Waals surface area contributed by atoms with Crippen LogP contribution in [0.1, 0.15) is 27.6 Å². The molecule has 2 heterocycles. The molecule has 29 heavy (non-hydrogen) atoms. The molecule has 1 aliphatic heterocycles. The summed E-state index contributed by atoms with van der Waals surface area (Å²) in [5.74, 6) is -0.244. The number of rotatable bonds is 4. The molecule has 1 atom stereocenters. The van der Waals surface area contributed by atoms with Crippen LogP contribution in [0.15, 0.2) is 60.9 Å². The van der Waals surface area contributed by atoms with Gasteiger partial charge in [-0.05, 0) is 35.9 Å². The molecule has 7 nitrogen and oxygen atoms in total. The Bertz CT molecular complexity index is 1020. The van der Waals surface area contributed by atoms with E-state index < -0.39 is 0 Å². The quantitative estimate of drug-likeness (QED) is 0.690. The minimum atomic E-state index is -0.244. The third-order valence-corrected chi connectivity index (χ3v) is 4.55. The van der Waals surface area contributed by atoms with Crippen molar-refractivity contribution in [1.82, 2.24) is 15.1 Å². The van der Waals surface area contributed by atoms with Gasteiger partial charge in [0.25, 0.3) is 5.91 Å². The summed E-state index contributed by atoms with van der Waals surface area (Å²) in [5, 5.41) is 19.4. The number of carbonyl (C=O) groups excluding carboxylic acids is 1. The van der Waals surface area contributed by atoms with Crippen molar-refractivity contribution in [3.63, 3.8) is 0 Å². The summed E-state index contributed by atoms with van der Waals surface area (Å²) in [5.41, 5.74) is 3.48. The fraction of sp³-hybridized carbons (Fsp3) is 0.190. The number of hydrogen-bond donors (Lipinski definition) is 2. The third kappa shape index (κ3) is 4.81. The summed E-state index contributed by atoms with van der Waals surface area (Å²) < 4.78 is 7.31. The SMILES string of the molecule is Cl.N#Cc1cccc(-n2cc(C(=O)Nc3ccc([C@H]4CNCCO4)cc3)cn2)c1. The number of halogens is 1. The molecule has 1 saturated heterocycles. The zero-order valence-corrected chi connectivity index (χ0v) is 16.4. The number of nitriles is 1. The lowest BCUT2D eigenvalue weighted by Crippen LogP contribution is -2.33. The Kier molecular flexibility index (Phi) is 6.62. The molecule has 8 heteroatoms. The van der Waals surface area contributed by atoms with Gasteiger partial charge in [-0.15, -0.1) is 12.4 Å². The van der Waals surface area contributed by atoms with Gasteiger partial charge >= 0.3 is 0 Å². The Morgan fingerprint density at radius 1 is 1.28 bits per heavy atom. The van der Waals surface area contributed by atoms with E-state index in [0.29, 0.717) is 23.4 Å². The molecule has 0 aliphatic carbocycles. The van der Waals surface area contributed by atoms with Gasteiger partial charge in [-0.3, -0.25) is 4.79 Å². The normalized spacial score (nSPS) is 15.8. The maximum atomic E-state index is 12.5. The summed E-state index contributed by atoms with van der Waals surface area (Å²) in [7, 11) is 0. The highest BCUT2D eigenvalue weighted by molar-refractivity contribution is 6.04. The molecule has 0 radical (unpaired) electrons. The smallest absolute Gasteiger partial charge is 0.258 e. The second kappa shape index (κ2) is 9.34. The maximum Gasteiger partial charge on any atom is 0.258 e. The Morgan fingerprint density at radius 3 is 2.83 bits per heavy atom. The van der Waals surface area contributed by atoms with Gasteiger partial charge in [0.15, 0.2) is 0 Å². The molecule has 0 bridgehead atoms. The van der Waals surface area contributed by atoms with E-state index in [1.165, 1.54) is 6.20 Å². The molecular weight excluding hydrogens is 390 g/mol. The Morgan fingerprint density at radius 2 is 2.10 bits per heavy atom. The summed E-state index contributed by atoms with van der Waals surface area (Å²) in [6.07, 6.45) is 3.19. The number of nitrogens with zero attached hydrogens (tertiary/aromatic N) is 3. The molecule has 0 spiro atoms. The van der Waals surface area contributed by atoms with Gasteiger partial charge in [-0.25, -0.2) is 4.68 Å². The molecular formula is C21H20ClN5O2. The van der Waals surface area contributed by atoms with Crippen LogP contribution < -0.4 is 10.6 Å². The van der Waals surface area contributed by atoms with Crippen LogP contribution in [0.3, 0.4) is 0 Å². The van der Waals surface area contributed by atoms with E-state index >= 15 is 0 Å². The molecule has 3 aromatic rings. The summed E-state index contributed by atoms with van der Waals surface area (Å²) in [4.78, 5) is 12.5. The fourth-order valence-corrected chi connectivity index (χ4v) is 3.06. The number of nitrogens with one attached hydrogen (secondary N) is 2. The zero-order valence-electron chi connectivity index (χ0n) is 15.5. The highest BCUT2D eigenvalue weighted by Crippen LogP contribution is 2.21. The number of ether oxygens (including phenoxy) is 1. The highest BCUT2D eigenvalue weighted by atomic mass is 35.5. The number of amides is 1. The summed E-state index contributed by atoms with van der Waals surface area (Å²) in [6, 6.07) is 16.8.